The molecule has 4 rings (SSSR count). The molecule has 3 amide bonds. The van der Waals surface area contributed by atoms with E-state index in [1.54, 1.807) is 36.4 Å². The number of imide groups is 1. The molecule has 0 N–H and O–H groups in total. The van der Waals surface area contributed by atoms with Gasteiger partial charge in [0.25, 0.3) is 17.7 Å². The van der Waals surface area contributed by atoms with Crippen molar-refractivity contribution in [2.75, 3.05) is 11.4 Å². The summed E-state index contributed by atoms with van der Waals surface area (Å²) in [5.74, 6) is -2.88. The predicted octanol–water partition coefficient (Wildman–Crippen LogP) is -2.54. The average Bonchev–Trinajstić information content (AvgIpc) is 2.85. The van der Waals surface area contributed by atoms with Gasteiger partial charge in [-0.1, -0.05) is 24.3 Å². The summed E-state index contributed by atoms with van der Waals surface area (Å²) in [4.78, 5) is 51.4. The number of benzene rings is 2. The maximum absolute atomic E-state index is 12.8. The molecular formula is C19H13KN2O5. The van der Waals surface area contributed by atoms with Crippen LogP contribution in [0.25, 0.3) is 0 Å². The maximum Gasteiger partial charge on any atom is 1.00 e. The molecule has 0 saturated carbocycles. The number of fused-ring (bicyclic) bond motifs is 1. The molecule has 0 aromatic heterocycles. The molecule has 0 spiro atoms. The normalized spacial score (nSPS) is 17.9. The molecule has 1 fully saturated rings. The Hall–Kier alpha value is -1.84. The van der Waals surface area contributed by atoms with Crippen molar-refractivity contribution in [3.63, 3.8) is 0 Å². The van der Waals surface area contributed by atoms with Crippen LogP contribution in [0.3, 0.4) is 0 Å². The fraction of sp³-hybridized carbons (Fsp3) is 0.158. The molecule has 27 heavy (non-hydrogen) atoms. The van der Waals surface area contributed by atoms with E-state index in [-0.39, 0.29) is 80.3 Å². The maximum atomic E-state index is 12.8. The molecule has 0 bridgehead atoms. The third kappa shape index (κ3) is 3.17. The molecule has 0 unspecified atom stereocenters. The number of para-hydroxylation sites is 1. The summed E-state index contributed by atoms with van der Waals surface area (Å²) in [5.41, 5.74) is 0.799. The van der Waals surface area contributed by atoms with Crippen molar-refractivity contribution < 1.29 is 75.7 Å². The Labute approximate surface area is 197 Å². The van der Waals surface area contributed by atoms with E-state index < -0.39 is 29.7 Å². The van der Waals surface area contributed by atoms with Crippen LogP contribution in [0.15, 0.2) is 48.5 Å². The number of nitrogens with zero attached hydrogens (tertiary/aromatic N) is 2. The Kier molecular flexibility index (Phi) is 5.64. The zero-order valence-electron chi connectivity index (χ0n) is 14.5. The van der Waals surface area contributed by atoms with Gasteiger partial charge in [0.15, 0.2) is 0 Å². The van der Waals surface area contributed by atoms with E-state index in [0.29, 0.717) is 6.42 Å². The third-order valence-electron chi connectivity index (χ3n) is 4.72. The van der Waals surface area contributed by atoms with E-state index in [1.165, 1.54) is 17.0 Å². The predicted molar refractivity (Wildman–Crippen MR) is 88.5 cm³/mol. The second-order valence-electron chi connectivity index (χ2n) is 6.13. The number of carbonyl (C=O) groups is 4. The fourth-order valence-electron chi connectivity index (χ4n) is 3.29. The van der Waals surface area contributed by atoms with Crippen LogP contribution in [-0.2, 0) is 4.79 Å². The van der Waals surface area contributed by atoms with E-state index in [0.717, 1.165) is 4.90 Å². The van der Waals surface area contributed by atoms with Crippen molar-refractivity contribution in [1.82, 2.24) is 4.90 Å². The van der Waals surface area contributed by atoms with Crippen molar-refractivity contribution in [3.8, 4) is 0 Å². The summed E-state index contributed by atoms with van der Waals surface area (Å²) < 4.78 is 0. The smallest absolute Gasteiger partial charge is 0.548 e. The van der Waals surface area contributed by atoms with Gasteiger partial charge in [-0.3, -0.25) is 14.4 Å². The third-order valence-corrected chi connectivity index (χ3v) is 4.72. The van der Waals surface area contributed by atoms with Crippen molar-refractivity contribution in [2.45, 2.75) is 12.5 Å². The van der Waals surface area contributed by atoms with Gasteiger partial charge in [0.05, 0.1) is 34.4 Å². The first-order valence-electron chi connectivity index (χ1n) is 8.09. The molecule has 2 aromatic rings. The Morgan fingerprint density at radius 1 is 0.926 bits per heavy atom. The van der Waals surface area contributed by atoms with Crippen LogP contribution < -0.4 is 61.4 Å². The van der Waals surface area contributed by atoms with Gasteiger partial charge in [-0.15, -0.1) is 0 Å². The number of anilines is 1. The summed E-state index contributed by atoms with van der Waals surface area (Å²) in [6.45, 7) is 0.286. The van der Waals surface area contributed by atoms with Crippen LogP contribution in [0.1, 0.15) is 37.5 Å². The van der Waals surface area contributed by atoms with Crippen molar-refractivity contribution in [2.24, 2.45) is 0 Å². The van der Waals surface area contributed by atoms with Crippen LogP contribution in [0, 0.1) is 0 Å². The second-order valence-corrected chi connectivity index (χ2v) is 6.13. The molecule has 2 heterocycles. The Balaban J connectivity index is 0.00000210. The van der Waals surface area contributed by atoms with Crippen LogP contribution >= 0.6 is 0 Å². The number of carbonyl (C=O) groups excluding carboxylic acids is 4. The van der Waals surface area contributed by atoms with Crippen molar-refractivity contribution >= 4 is 29.4 Å². The Morgan fingerprint density at radius 2 is 1.48 bits per heavy atom. The molecule has 2 aliphatic heterocycles. The quantitative estimate of drug-likeness (QED) is 0.426. The number of hydrogen-bond donors (Lipinski definition) is 0. The molecule has 7 nitrogen and oxygen atoms in total. The zero-order chi connectivity index (χ0) is 18.4. The molecule has 0 radical (unpaired) electrons. The number of carboxylic acid groups (broad SMARTS) is 1. The van der Waals surface area contributed by atoms with E-state index in [2.05, 4.69) is 0 Å². The number of hydrogen-bond acceptors (Lipinski definition) is 5. The molecule has 1 atom stereocenters. The Bertz CT molecular complexity index is 939. The van der Waals surface area contributed by atoms with E-state index in [1.807, 2.05) is 0 Å². The van der Waals surface area contributed by atoms with E-state index in [4.69, 9.17) is 0 Å². The van der Waals surface area contributed by atoms with Crippen LogP contribution in [0.4, 0.5) is 5.69 Å². The number of amides is 3. The number of carboxylic acids is 1. The van der Waals surface area contributed by atoms with Gasteiger partial charge < -0.3 is 14.8 Å². The summed E-state index contributed by atoms with van der Waals surface area (Å²) in [6.07, 6.45) is 0.323. The standard InChI is InChI=1S/C19H14N2O5.K/c22-16(20-10-9-15(20)19(25)26)13-7-3-4-8-14(13)21-17(23)11-5-1-2-6-12(11)18(21)24;/h1-8,15H,9-10H2,(H,25,26);/q;+1/p-1/t15-;/m0./s1. The van der Waals surface area contributed by atoms with Gasteiger partial charge >= 0.3 is 51.4 Å². The van der Waals surface area contributed by atoms with Crippen molar-refractivity contribution in [3.05, 3.63) is 65.2 Å². The van der Waals surface area contributed by atoms with Gasteiger partial charge in [-0.2, -0.15) is 0 Å². The SMILES string of the molecule is O=C([O-])[C@@H]1CCN1C(=O)c1ccccc1N1C(=O)c2ccccc2C1=O.[K+]. The minimum atomic E-state index is -1.32. The monoisotopic (exact) mass is 388 g/mol. The van der Waals surface area contributed by atoms with Gasteiger partial charge in [0.2, 0.25) is 0 Å². The Morgan fingerprint density at radius 3 is 2.00 bits per heavy atom. The first-order chi connectivity index (χ1) is 12.5. The van der Waals surface area contributed by atoms with E-state index in [9.17, 15) is 24.3 Å². The van der Waals surface area contributed by atoms with Crippen LogP contribution in [-0.4, -0.2) is 41.2 Å². The number of rotatable bonds is 3. The number of aliphatic carboxylic acids is 1. The topological polar surface area (TPSA) is 97.8 Å². The summed E-state index contributed by atoms with van der Waals surface area (Å²) in [7, 11) is 0. The molecule has 130 valence electrons. The van der Waals surface area contributed by atoms with Crippen molar-refractivity contribution in [1.29, 1.82) is 0 Å². The average molecular weight is 388 g/mol. The summed E-state index contributed by atoms with van der Waals surface area (Å²) >= 11 is 0. The molecule has 2 aliphatic rings. The van der Waals surface area contributed by atoms with Gasteiger partial charge in [-0.25, -0.2) is 4.90 Å². The molecule has 8 heteroatoms. The van der Waals surface area contributed by atoms with E-state index >= 15 is 0 Å². The zero-order valence-corrected chi connectivity index (χ0v) is 17.7. The molecule has 1 saturated heterocycles. The molecule has 0 aliphatic carbocycles. The first-order valence-corrected chi connectivity index (χ1v) is 8.09. The summed E-state index contributed by atoms with van der Waals surface area (Å²) in [5, 5.41) is 11.1. The van der Waals surface area contributed by atoms with Gasteiger partial charge in [0.1, 0.15) is 0 Å². The second kappa shape index (κ2) is 7.65. The molecular weight excluding hydrogens is 375 g/mol. The minimum Gasteiger partial charge on any atom is -0.548 e. The fourth-order valence-corrected chi connectivity index (χ4v) is 3.29. The van der Waals surface area contributed by atoms with Crippen LogP contribution in [0.2, 0.25) is 0 Å². The minimum absolute atomic E-state index is 0. The largest absolute Gasteiger partial charge is 1.00 e. The van der Waals surface area contributed by atoms with Crippen LogP contribution in [0.5, 0.6) is 0 Å². The van der Waals surface area contributed by atoms with Gasteiger partial charge in [-0.05, 0) is 30.7 Å². The first kappa shape index (κ1) is 19.9. The molecule has 2 aromatic carbocycles. The van der Waals surface area contributed by atoms with Gasteiger partial charge in [0, 0.05) is 6.54 Å². The number of likely N-dealkylation sites (tertiary alicyclic amines) is 1. The summed E-state index contributed by atoms with van der Waals surface area (Å²) in [6, 6.07) is 11.6.